The van der Waals surface area contributed by atoms with Crippen LogP contribution in [-0.4, -0.2) is 48.9 Å². The molecule has 0 saturated carbocycles. The quantitative estimate of drug-likeness (QED) is 0.815. The molecule has 1 atom stereocenters. The summed E-state index contributed by atoms with van der Waals surface area (Å²) >= 11 is 0. The number of carbonyl (C=O) groups excluding carboxylic acids is 1. The lowest BCUT2D eigenvalue weighted by Crippen LogP contribution is -2.45. The first kappa shape index (κ1) is 19.5. The number of fused-ring (bicyclic) bond motifs is 1. The number of benzene rings is 2. The Labute approximate surface area is 161 Å². The van der Waals surface area contributed by atoms with Gasteiger partial charge in [-0.15, -0.1) is 0 Å². The molecule has 1 N–H and O–H groups in total. The van der Waals surface area contributed by atoms with Gasteiger partial charge in [0.15, 0.2) is 0 Å². The molecule has 144 valence electrons. The summed E-state index contributed by atoms with van der Waals surface area (Å²) in [5.74, 6) is -0.331. The first-order chi connectivity index (χ1) is 13.0. The molecule has 4 nitrogen and oxygen atoms in total. The van der Waals surface area contributed by atoms with Crippen molar-refractivity contribution in [1.29, 1.82) is 0 Å². The molecule has 2 aromatic rings. The van der Waals surface area contributed by atoms with Crippen LogP contribution in [0.4, 0.5) is 4.39 Å². The molecular weight excluding hydrogens is 341 g/mol. The Balaban J connectivity index is 1.42. The maximum Gasteiger partial charge on any atom is 0.221 e. The highest BCUT2D eigenvalue weighted by Crippen LogP contribution is 2.22. The Morgan fingerprint density at radius 1 is 1.19 bits per heavy atom. The Kier molecular flexibility index (Phi) is 6.58. The number of nitrogens with zero attached hydrogens (tertiary/aromatic N) is 2. The summed E-state index contributed by atoms with van der Waals surface area (Å²) in [7, 11) is 4.22. The zero-order chi connectivity index (χ0) is 19.2. The van der Waals surface area contributed by atoms with Gasteiger partial charge in [-0.3, -0.25) is 9.69 Å². The molecule has 0 fully saturated rings. The molecule has 1 heterocycles. The monoisotopic (exact) mass is 369 g/mol. The number of carbonyl (C=O) groups is 1. The van der Waals surface area contributed by atoms with Crippen LogP contribution in [0.15, 0.2) is 48.5 Å². The van der Waals surface area contributed by atoms with E-state index in [2.05, 4.69) is 53.5 Å². The number of halogens is 1. The van der Waals surface area contributed by atoms with Crippen LogP contribution in [0, 0.1) is 5.82 Å². The van der Waals surface area contributed by atoms with E-state index >= 15 is 0 Å². The van der Waals surface area contributed by atoms with Crippen molar-refractivity contribution in [3.05, 3.63) is 71.0 Å². The van der Waals surface area contributed by atoms with E-state index in [9.17, 15) is 9.18 Å². The van der Waals surface area contributed by atoms with Crippen molar-refractivity contribution in [1.82, 2.24) is 15.1 Å². The minimum atomic E-state index is -0.282. The van der Waals surface area contributed by atoms with E-state index < -0.39 is 0 Å². The van der Waals surface area contributed by atoms with Crippen LogP contribution in [-0.2, 0) is 24.3 Å². The van der Waals surface area contributed by atoms with Gasteiger partial charge in [-0.1, -0.05) is 42.5 Å². The Bertz CT molecular complexity index is 780. The summed E-state index contributed by atoms with van der Waals surface area (Å²) in [6.45, 7) is 2.82. The first-order valence-electron chi connectivity index (χ1n) is 9.48. The van der Waals surface area contributed by atoms with Crippen molar-refractivity contribution in [3.8, 4) is 0 Å². The lowest BCUT2D eigenvalue weighted by Gasteiger charge is -2.36. The van der Waals surface area contributed by atoms with Crippen molar-refractivity contribution in [3.63, 3.8) is 0 Å². The van der Waals surface area contributed by atoms with Crippen LogP contribution >= 0.6 is 0 Å². The first-order valence-corrected chi connectivity index (χ1v) is 9.48. The number of rotatable bonds is 7. The fourth-order valence-corrected chi connectivity index (χ4v) is 3.59. The second-order valence-corrected chi connectivity index (χ2v) is 7.42. The molecule has 0 unspecified atom stereocenters. The van der Waals surface area contributed by atoms with Crippen LogP contribution in [0.3, 0.4) is 0 Å². The lowest BCUT2D eigenvalue weighted by atomic mass is 9.94. The standard InChI is InChI=1S/C22H28FN3O/c1-25(12-11-22(27)24-14-18-8-5-6-10-21(18)23)16-20-13-17-7-3-4-9-19(17)15-26(20)2/h3-10,20H,11-16H2,1-2H3,(H,24,27)/t20-/m0/s1. The summed E-state index contributed by atoms with van der Waals surface area (Å²) in [4.78, 5) is 16.7. The predicted octanol–water partition coefficient (Wildman–Crippen LogP) is 2.82. The van der Waals surface area contributed by atoms with Gasteiger partial charge in [0.25, 0.3) is 0 Å². The summed E-state index contributed by atoms with van der Waals surface area (Å²) in [5, 5.41) is 2.80. The average molecular weight is 369 g/mol. The van der Waals surface area contributed by atoms with Crippen molar-refractivity contribution in [2.75, 3.05) is 27.2 Å². The summed E-state index contributed by atoms with van der Waals surface area (Å²) < 4.78 is 13.6. The third-order valence-electron chi connectivity index (χ3n) is 5.29. The van der Waals surface area contributed by atoms with Gasteiger partial charge in [-0.2, -0.15) is 0 Å². The maximum atomic E-state index is 13.6. The molecule has 0 radical (unpaired) electrons. The zero-order valence-electron chi connectivity index (χ0n) is 16.1. The average Bonchev–Trinajstić information content (AvgIpc) is 2.66. The number of hydrogen-bond acceptors (Lipinski definition) is 3. The number of likely N-dealkylation sites (N-methyl/N-ethyl adjacent to an activating group) is 2. The minimum absolute atomic E-state index is 0.0487. The largest absolute Gasteiger partial charge is 0.352 e. The van der Waals surface area contributed by atoms with Gasteiger partial charge in [0.05, 0.1) is 0 Å². The van der Waals surface area contributed by atoms with Crippen LogP contribution < -0.4 is 5.32 Å². The van der Waals surface area contributed by atoms with Gasteiger partial charge in [-0.05, 0) is 37.7 Å². The highest BCUT2D eigenvalue weighted by Gasteiger charge is 2.24. The minimum Gasteiger partial charge on any atom is -0.352 e. The summed E-state index contributed by atoms with van der Waals surface area (Å²) in [6.07, 6.45) is 1.45. The van der Waals surface area contributed by atoms with Crippen LogP contribution in [0.1, 0.15) is 23.1 Å². The lowest BCUT2D eigenvalue weighted by molar-refractivity contribution is -0.121. The molecule has 2 aromatic carbocycles. The van der Waals surface area contributed by atoms with Crippen molar-refractivity contribution < 1.29 is 9.18 Å². The fraction of sp³-hybridized carbons (Fsp3) is 0.409. The van der Waals surface area contributed by atoms with E-state index in [1.54, 1.807) is 18.2 Å². The topological polar surface area (TPSA) is 35.6 Å². The Hall–Kier alpha value is -2.24. The Morgan fingerprint density at radius 3 is 2.67 bits per heavy atom. The van der Waals surface area contributed by atoms with Crippen molar-refractivity contribution in [2.45, 2.75) is 32.0 Å². The van der Waals surface area contributed by atoms with E-state index in [0.717, 1.165) is 19.5 Å². The summed E-state index contributed by atoms with van der Waals surface area (Å²) in [5.41, 5.74) is 3.35. The number of amides is 1. The van der Waals surface area contributed by atoms with Crippen LogP contribution in [0.5, 0.6) is 0 Å². The fourth-order valence-electron chi connectivity index (χ4n) is 3.59. The SMILES string of the molecule is CN(CCC(=O)NCc1ccccc1F)C[C@@H]1Cc2ccccc2CN1C. The molecule has 0 bridgehead atoms. The molecule has 27 heavy (non-hydrogen) atoms. The predicted molar refractivity (Wildman–Crippen MR) is 106 cm³/mol. The molecule has 0 aromatic heterocycles. The second-order valence-electron chi connectivity index (χ2n) is 7.42. The number of nitrogens with one attached hydrogen (secondary N) is 1. The van der Waals surface area contributed by atoms with Gasteiger partial charge in [0.2, 0.25) is 5.91 Å². The molecule has 0 spiro atoms. The maximum absolute atomic E-state index is 13.6. The molecule has 1 aliphatic heterocycles. The smallest absolute Gasteiger partial charge is 0.221 e. The molecule has 1 aliphatic rings. The molecular formula is C22H28FN3O. The van der Waals surface area contributed by atoms with Crippen LogP contribution in [0.25, 0.3) is 0 Å². The van der Waals surface area contributed by atoms with Crippen molar-refractivity contribution in [2.24, 2.45) is 0 Å². The van der Waals surface area contributed by atoms with E-state index in [1.807, 2.05) is 0 Å². The zero-order valence-corrected chi connectivity index (χ0v) is 16.1. The molecule has 3 rings (SSSR count). The number of hydrogen-bond donors (Lipinski definition) is 1. The summed E-state index contributed by atoms with van der Waals surface area (Å²) in [6, 6.07) is 15.6. The van der Waals surface area contributed by atoms with Gasteiger partial charge in [0.1, 0.15) is 5.82 Å². The second kappa shape index (κ2) is 9.11. The van der Waals surface area contributed by atoms with Gasteiger partial charge < -0.3 is 10.2 Å². The van der Waals surface area contributed by atoms with Crippen molar-refractivity contribution >= 4 is 5.91 Å². The van der Waals surface area contributed by atoms with Gasteiger partial charge in [0, 0.05) is 44.2 Å². The van der Waals surface area contributed by atoms with E-state index in [1.165, 1.54) is 17.2 Å². The third kappa shape index (κ3) is 5.37. The van der Waals surface area contributed by atoms with E-state index in [4.69, 9.17) is 0 Å². The molecule has 0 aliphatic carbocycles. The van der Waals surface area contributed by atoms with Gasteiger partial charge in [-0.25, -0.2) is 4.39 Å². The highest BCUT2D eigenvalue weighted by atomic mass is 19.1. The molecule has 1 amide bonds. The molecule has 0 saturated heterocycles. The Morgan fingerprint density at radius 2 is 1.89 bits per heavy atom. The highest BCUT2D eigenvalue weighted by molar-refractivity contribution is 5.76. The van der Waals surface area contributed by atoms with E-state index in [0.29, 0.717) is 24.6 Å². The van der Waals surface area contributed by atoms with Crippen LogP contribution in [0.2, 0.25) is 0 Å². The normalized spacial score (nSPS) is 17.0. The van der Waals surface area contributed by atoms with E-state index in [-0.39, 0.29) is 18.3 Å². The van der Waals surface area contributed by atoms with Gasteiger partial charge >= 0.3 is 0 Å². The molecule has 5 heteroatoms. The third-order valence-corrected chi connectivity index (χ3v) is 5.29.